The predicted octanol–water partition coefficient (Wildman–Crippen LogP) is 2.91. The van der Waals surface area contributed by atoms with Crippen molar-refractivity contribution < 1.29 is 9.53 Å². The minimum atomic E-state index is -0.735. The van der Waals surface area contributed by atoms with Crippen molar-refractivity contribution >= 4 is 16.7 Å². The first kappa shape index (κ1) is 11.2. The van der Waals surface area contributed by atoms with E-state index in [2.05, 4.69) is 0 Å². The maximum Gasteiger partial charge on any atom is 0.340 e. The van der Waals surface area contributed by atoms with Gasteiger partial charge in [-0.2, -0.15) is 5.26 Å². The SMILES string of the molecule is C[C@H](C#N)OC(=O)c1cccc2ccccc12. The molecule has 0 amide bonds. The fourth-order valence-electron chi connectivity index (χ4n) is 1.65. The van der Waals surface area contributed by atoms with Gasteiger partial charge in [0.2, 0.25) is 0 Å². The third-order valence-corrected chi connectivity index (χ3v) is 2.48. The van der Waals surface area contributed by atoms with Crippen LogP contribution in [0.3, 0.4) is 0 Å². The Hall–Kier alpha value is -2.34. The summed E-state index contributed by atoms with van der Waals surface area (Å²) < 4.78 is 4.99. The van der Waals surface area contributed by atoms with Gasteiger partial charge in [-0.05, 0) is 23.8 Å². The third kappa shape index (κ3) is 2.26. The summed E-state index contributed by atoms with van der Waals surface area (Å²) >= 11 is 0. The molecule has 2 rings (SSSR count). The summed E-state index contributed by atoms with van der Waals surface area (Å²) in [5, 5.41) is 10.4. The number of esters is 1. The Labute approximate surface area is 99.2 Å². The van der Waals surface area contributed by atoms with Crippen LogP contribution in [0.1, 0.15) is 17.3 Å². The Morgan fingerprint density at radius 2 is 1.94 bits per heavy atom. The number of nitrogens with zero attached hydrogens (tertiary/aromatic N) is 1. The summed E-state index contributed by atoms with van der Waals surface area (Å²) in [6.45, 7) is 1.54. The molecule has 2 aromatic carbocycles. The highest BCUT2D eigenvalue weighted by molar-refractivity contribution is 6.04. The molecule has 0 heterocycles. The number of fused-ring (bicyclic) bond motifs is 1. The van der Waals surface area contributed by atoms with Crippen LogP contribution in [0.4, 0.5) is 0 Å². The van der Waals surface area contributed by atoms with Crippen molar-refractivity contribution in [1.29, 1.82) is 5.26 Å². The van der Waals surface area contributed by atoms with E-state index < -0.39 is 12.1 Å². The first-order valence-corrected chi connectivity index (χ1v) is 5.30. The van der Waals surface area contributed by atoms with E-state index in [1.54, 1.807) is 19.1 Å². The first-order chi connectivity index (χ1) is 8.22. The molecule has 84 valence electrons. The van der Waals surface area contributed by atoms with Crippen LogP contribution < -0.4 is 0 Å². The first-order valence-electron chi connectivity index (χ1n) is 5.30. The molecule has 3 heteroatoms. The average Bonchev–Trinajstić information content (AvgIpc) is 2.37. The van der Waals surface area contributed by atoms with E-state index in [1.807, 2.05) is 36.4 Å². The van der Waals surface area contributed by atoms with Gasteiger partial charge in [-0.25, -0.2) is 4.79 Å². The number of ether oxygens (including phenoxy) is 1. The zero-order chi connectivity index (χ0) is 12.3. The highest BCUT2D eigenvalue weighted by atomic mass is 16.5. The quantitative estimate of drug-likeness (QED) is 0.738. The van der Waals surface area contributed by atoms with Crippen LogP contribution in [0.15, 0.2) is 42.5 Å². The summed E-state index contributed by atoms with van der Waals surface area (Å²) in [4.78, 5) is 11.9. The van der Waals surface area contributed by atoms with Crippen LogP contribution in [0, 0.1) is 11.3 Å². The van der Waals surface area contributed by atoms with Gasteiger partial charge < -0.3 is 4.74 Å². The highest BCUT2D eigenvalue weighted by Gasteiger charge is 2.13. The van der Waals surface area contributed by atoms with Crippen LogP contribution in [-0.2, 0) is 4.74 Å². The Morgan fingerprint density at radius 3 is 2.71 bits per heavy atom. The van der Waals surface area contributed by atoms with Crippen LogP contribution >= 0.6 is 0 Å². The lowest BCUT2D eigenvalue weighted by Crippen LogP contribution is -2.13. The van der Waals surface area contributed by atoms with Gasteiger partial charge in [0.25, 0.3) is 0 Å². The van der Waals surface area contributed by atoms with E-state index in [0.29, 0.717) is 5.56 Å². The number of benzene rings is 2. The molecular formula is C14H11NO2. The molecule has 0 aromatic heterocycles. The minimum Gasteiger partial charge on any atom is -0.444 e. The number of carbonyl (C=O) groups excluding carboxylic acids is 1. The van der Waals surface area contributed by atoms with E-state index in [1.165, 1.54) is 0 Å². The lowest BCUT2D eigenvalue weighted by molar-refractivity contribution is 0.0438. The lowest BCUT2D eigenvalue weighted by Gasteiger charge is -2.08. The van der Waals surface area contributed by atoms with E-state index in [0.717, 1.165) is 10.8 Å². The molecule has 0 radical (unpaired) electrons. The van der Waals surface area contributed by atoms with Crippen molar-refractivity contribution in [2.75, 3.05) is 0 Å². The molecule has 0 saturated heterocycles. The minimum absolute atomic E-state index is 0.462. The maximum atomic E-state index is 11.9. The van der Waals surface area contributed by atoms with E-state index in [4.69, 9.17) is 10.00 Å². The molecule has 0 saturated carbocycles. The topological polar surface area (TPSA) is 50.1 Å². The monoisotopic (exact) mass is 225 g/mol. The van der Waals surface area contributed by atoms with Crippen molar-refractivity contribution in [2.24, 2.45) is 0 Å². The third-order valence-electron chi connectivity index (χ3n) is 2.48. The molecule has 0 spiro atoms. The average molecular weight is 225 g/mol. The molecule has 2 aromatic rings. The van der Waals surface area contributed by atoms with Crippen molar-refractivity contribution in [1.82, 2.24) is 0 Å². The van der Waals surface area contributed by atoms with Gasteiger partial charge in [-0.15, -0.1) is 0 Å². The largest absolute Gasteiger partial charge is 0.444 e. The second kappa shape index (κ2) is 4.67. The summed E-state index contributed by atoms with van der Waals surface area (Å²) in [5.41, 5.74) is 0.491. The van der Waals surface area contributed by atoms with Gasteiger partial charge in [0.15, 0.2) is 6.10 Å². The van der Waals surface area contributed by atoms with Gasteiger partial charge in [0.1, 0.15) is 6.07 Å². The fourth-order valence-corrected chi connectivity index (χ4v) is 1.65. The van der Waals surface area contributed by atoms with Crippen molar-refractivity contribution in [3.8, 4) is 6.07 Å². The van der Waals surface area contributed by atoms with Crippen LogP contribution in [-0.4, -0.2) is 12.1 Å². The zero-order valence-electron chi connectivity index (χ0n) is 9.38. The number of rotatable bonds is 2. The van der Waals surface area contributed by atoms with E-state index in [9.17, 15) is 4.79 Å². The normalized spacial score (nSPS) is 11.8. The second-order valence-electron chi connectivity index (χ2n) is 3.70. The Bertz CT molecular complexity index is 593. The van der Waals surface area contributed by atoms with E-state index >= 15 is 0 Å². The number of hydrogen-bond acceptors (Lipinski definition) is 3. The van der Waals surface area contributed by atoms with Crippen molar-refractivity contribution in [3.05, 3.63) is 48.0 Å². The van der Waals surface area contributed by atoms with Crippen molar-refractivity contribution in [2.45, 2.75) is 13.0 Å². The summed E-state index contributed by atoms with van der Waals surface area (Å²) in [5.74, 6) is -0.462. The predicted molar refractivity (Wildman–Crippen MR) is 64.4 cm³/mol. The van der Waals surface area contributed by atoms with Gasteiger partial charge >= 0.3 is 5.97 Å². The van der Waals surface area contributed by atoms with Gasteiger partial charge in [-0.1, -0.05) is 36.4 Å². The van der Waals surface area contributed by atoms with Crippen LogP contribution in [0.2, 0.25) is 0 Å². The Kier molecular flexibility index (Phi) is 3.06. The number of nitriles is 1. The standard InChI is InChI=1S/C14H11NO2/c1-10(9-15)17-14(16)13-8-4-6-11-5-2-3-7-12(11)13/h2-8,10H,1H3/t10-/m1/s1. The lowest BCUT2D eigenvalue weighted by atomic mass is 10.0. The molecule has 0 aliphatic rings. The van der Waals surface area contributed by atoms with E-state index in [-0.39, 0.29) is 0 Å². The number of hydrogen-bond donors (Lipinski definition) is 0. The molecule has 3 nitrogen and oxygen atoms in total. The second-order valence-corrected chi connectivity index (χ2v) is 3.70. The molecule has 0 fully saturated rings. The molecule has 1 atom stereocenters. The number of carbonyl (C=O) groups is 1. The molecule has 0 N–H and O–H groups in total. The Morgan fingerprint density at radius 1 is 1.24 bits per heavy atom. The maximum absolute atomic E-state index is 11.9. The molecule has 17 heavy (non-hydrogen) atoms. The summed E-state index contributed by atoms with van der Waals surface area (Å²) in [7, 11) is 0. The smallest absolute Gasteiger partial charge is 0.340 e. The van der Waals surface area contributed by atoms with Crippen LogP contribution in [0.5, 0.6) is 0 Å². The molecular weight excluding hydrogens is 214 g/mol. The zero-order valence-corrected chi connectivity index (χ0v) is 9.38. The highest BCUT2D eigenvalue weighted by Crippen LogP contribution is 2.19. The molecule has 0 bridgehead atoms. The van der Waals surface area contributed by atoms with Crippen LogP contribution in [0.25, 0.3) is 10.8 Å². The molecule has 0 unspecified atom stereocenters. The summed E-state index contributed by atoms with van der Waals surface area (Å²) in [6.07, 6.45) is -0.735. The molecule has 0 aliphatic carbocycles. The van der Waals surface area contributed by atoms with Gasteiger partial charge in [-0.3, -0.25) is 0 Å². The summed E-state index contributed by atoms with van der Waals surface area (Å²) in [6, 6.07) is 14.9. The Balaban J connectivity index is 2.42. The van der Waals surface area contributed by atoms with Crippen molar-refractivity contribution in [3.63, 3.8) is 0 Å². The molecule has 0 aliphatic heterocycles. The fraction of sp³-hybridized carbons (Fsp3) is 0.143. The van der Waals surface area contributed by atoms with Gasteiger partial charge in [0.05, 0.1) is 5.56 Å². The van der Waals surface area contributed by atoms with Gasteiger partial charge in [0, 0.05) is 0 Å².